The fourth-order valence-electron chi connectivity index (χ4n) is 3.20. The summed E-state index contributed by atoms with van der Waals surface area (Å²) >= 11 is 0. The molecule has 1 aliphatic rings. The van der Waals surface area contributed by atoms with Gasteiger partial charge in [-0.25, -0.2) is 14.8 Å². The number of anilines is 1. The second kappa shape index (κ2) is 9.08. The molecule has 2 aromatic rings. The van der Waals surface area contributed by atoms with E-state index < -0.39 is 41.5 Å². The van der Waals surface area contributed by atoms with Crippen LogP contribution >= 0.6 is 0 Å². The maximum atomic E-state index is 12.9. The SMILES string of the molecule is CC(C)c1cc(Oc2cc(C(F)(F)F)ncn2)ccc1NC(=O)C1C(=O)N(C)C(=O)N(C)C1=O. The van der Waals surface area contributed by atoms with Gasteiger partial charge in [0, 0.05) is 25.8 Å². The second-order valence-corrected chi connectivity index (χ2v) is 7.74. The molecule has 34 heavy (non-hydrogen) atoms. The van der Waals surface area contributed by atoms with Crippen LogP contribution in [0.5, 0.6) is 11.6 Å². The van der Waals surface area contributed by atoms with E-state index in [2.05, 4.69) is 15.3 Å². The van der Waals surface area contributed by atoms with Gasteiger partial charge in [0.1, 0.15) is 12.1 Å². The van der Waals surface area contributed by atoms with Crippen molar-refractivity contribution >= 4 is 29.4 Å². The molecular formula is C21H20F3N5O5. The molecule has 0 unspecified atom stereocenters. The van der Waals surface area contributed by atoms with Gasteiger partial charge in [0.15, 0.2) is 11.6 Å². The molecule has 0 spiro atoms. The second-order valence-electron chi connectivity index (χ2n) is 7.74. The van der Waals surface area contributed by atoms with Crippen molar-refractivity contribution in [2.45, 2.75) is 25.9 Å². The number of alkyl halides is 3. The summed E-state index contributed by atoms with van der Waals surface area (Å²) in [7, 11) is 2.33. The fourth-order valence-corrected chi connectivity index (χ4v) is 3.20. The van der Waals surface area contributed by atoms with Crippen LogP contribution in [0.2, 0.25) is 0 Å². The Kier molecular flexibility index (Phi) is 6.57. The first kappa shape index (κ1) is 24.6. The van der Waals surface area contributed by atoms with Crippen molar-refractivity contribution in [3.63, 3.8) is 0 Å². The summed E-state index contributed by atoms with van der Waals surface area (Å²) in [6.07, 6.45) is -3.94. The van der Waals surface area contributed by atoms with Crippen LogP contribution in [0.15, 0.2) is 30.6 Å². The van der Waals surface area contributed by atoms with Crippen LogP contribution < -0.4 is 10.1 Å². The van der Waals surface area contributed by atoms with Gasteiger partial charge in [-0.15, -0.1) is 0 Å². The zero-order chi connectivity index (χ0) is 25.4. The molecular weight excluding hydrogens is 459 g/mol. The molecule has 180 valence electrons. The summed E-state index contributed by atoms with van der Waals surface area (Å²) in [5.41, 5.74) is -0.390. The minimum absolute atomic E-state index is 0.142. The summed E-state index contributed by atoms with van der Waals surface area (Å²) in [6.45, 7) is 3.58. The Balaban J connectivity index is 1.85. The van der Waals surface area contributed by atoms with Gasteiger partial charge in [-0.1, -0.05) is 13.8 Å². The van der Waals surface area contributed by atoms with Gasteiger partial charge < -0.3 is 10.1 Å². The first-order chi connectivity index (χ1) is 15.8. The van der Waals surface area contributed by atoms with Crippen molar-refractivity contribution in [3.05, 3.63) is 41.9 Å². The quantitative estimate of drug-likeness (QED) is 0.654. The summed E-state index contributed by atoms with van der Waals surface area (Å²) in [4.78, 5) is 57.6. The van der Waals surface area contributed by atoms with E-state index in [4.69, 9.17) is 4.74 Å². The maximum Gasteiger partial charge on any atom is 0.433 e. The Morgan fingerprint density at radius 3 is 2.24 bits per heavy atom. The van der Waals surface area contributed by atoms with E-state index >= 15 is 0 Å². The number of benzene rings is 1. The van der Waals surface area contributed by atoms with Gasteiger partial charge in [0.2, 0.25) is 11.8 Å². The zero-order valence-corrected chi connectivity index (χ0v) is 18.5. The molecule has 1 aromatic carbocycles. The number of nitrogens with zero attached hydrogens (tertiary/aromatic N) is 4. The summed E-state index contributed by atoms with van der Waals surface area (Å²) < 4.78 is 44.0. The van der Waals surface area contributed by atoms with Gasteiger partial charge in [0.25, 0.3) is 11.8 Å². The zero-order valence-electron chi connectivity index (χ0n) is 18.5. The largest absolute Gasteiger partial charge is 0.439 e. The van der Waals surface area contributed by atoms with Crippen molar-refractivity contribution in [1.82, 2.24) is 19.8 Å². The third-order valence-electron chi connectivity index (χ3n) is 5.05. The monoisotopic (exact) mass is 479 g/mol. The van der Waals surface area contributed by atoms with Crippen LogP contribution in [0.3, 0.4) is 0 Å². The molecule has 5 amide bonds. The van der Waals surface area contributed by atoms with E-state index in [-0.39, 0.29) is 23.2 Å². The number of barbiturate groups is 1. The van der Waals surface area contributed by atoms with Gasteiger partial charge in [-0.05, 0) is 29.7 Å². The van der Waals surface area contributed by atoms with Crippen LogP contribution in [0, 0.1) is 5.92 Å². The Labute approximate surface area is 191 Å². The molecule has 1 saturated heterocycles. The minimum atomic E-state index is -4.67. The molecule has 13 heteroatoms. The van der Waals surface area contributed by atoms with Gasteiger partial charge in [-0.2, -0.15) is 13.2 Å². The van der Waals surface area contributed by atoms with Crippen molar-refractivity contribution in [2.75, 3.05) is 19.4 Å². The third kappa shape index (κ3) is 4.82. The van der Waals surface area contributed by atoms with Crippen molar-refractivity contribution in [2.24, 2.45) is 5.92 Å². The van der Waals surface area contributed by atoms with E-state index in [0.29, 0.717) is 21.4 Å². The molecule has 1 N–H and O–H groups in total. The van der Waals surface area contributed by atoms with Crippen LogP contribution in [0.25, 0.3) is 0 Å². The average molecular weight is 479 g/mol. The van der Waals surface area contributed by atoms with Gasteiger partial charge in [0.05, 0.1) is 0 Å². The topological polar surface area (TPSA) is 122 Å². The normalized spacial score (nSPS) is 15.2. The number of urea groups is 1. The van der Waals surface area contributed by atoms with Crippen molar-refractivity contribution < 1.29 is 37.1 Å². The number of ether oxygens (including phenoxy) is 1. The highest BCUT2D eigenvalue weighted by Gasteiger charge is 2.46. The number of amides is 5. The maximum absolute atomic E-state index is 12.9. The van der Waals surface area contributed by atoms with Crippen molar-refractivity contribution in [3.8, 4) is 11.6 Å². The lowest BCUT2D eigenvalue weighted by molar-refractivity contribution is -0.151. The first-order valence-corrected chi connectivity index (χ1v) is 9.92. The lowest BCUT2D eigenvalue weighted by Crippen LogP contribution is -2.59. The average Bonchev–Trinajstić information content (AvgIpc) is 2.77. The molecule has 0 bridgehead atoms. The van der Waals surface area contributed by atoms with Crippen LogP contribution in [-0.4, -0.2) is 57.6 Å². The van der Waals surface area contributed by atoms with Gasteiger partial charge >= 0.3 is 12.2 Å². The molecule has 10 nitrogen and oxygen atoms in total. The Hall–Kier alpha value is -4.03. The summed E-state index contributed by atoms with van der Waals surface area (Å²) in [5, 5.41) is 2.52. The van der Waals surface area contributed by atoms with Crippen LogP contribution in [0.4, 0.5) is 23.7 Å². The number of rotatable bonds is 5. The molecule has 1 aromatic heterocycles. The summed E-state index contributed by atoms with van der Waals surface area (Å²) in [5.74, 6) is -4.97. The van der Waals surface area contributed by atoms with E-state index in [0.717, 1.165) is 20.4 Å². The molecule has 3 rings (SSSR count). The highest BCUT2D eigenvalue weighted by atomic mass is 19.4. The molecule has 0 aliphatic carbocycles. The summed E-state index contributed by atoms with van der Waals surface area (Å²) in [6, 6.07) is 4.09. The standard InChI is InChI=1S/C21H20F3N5O5/c1-10(2)12-7-11(34-15-8-14(21(22,23)24)25-9-26-15)5-6-13(12)27-17(30)16-18(31)28(3)20(33)29(4)19(16)32/h5-10,16H,1-4H3,(H,27,30). The number of halogens is 3. The Bertz CT molecular complexity index is 1140. The number of hydrogen-bond acceptors (Lipinski definition) is 7. The Morgan fingerprint density at radius 2 is 1.68 bits per heavy atom. The smallest absolute Gasteiger partial charge is 0.433 e. The molecule has 1 fully saturated rings. The van der Waals surface area contributed by atoms with Gasteiger partial charge in [-0.3, -0.25) is 24.2 Å². The van der Waals surface area contributed by atoms with Crippen LogP contribution in [0.1, 0.15) is 31.0 Å². The predicted molar refractivity (Wildman–Crippen MR) is 111 cm³/mol. The minimum Gasteiger partial charge on any atom is -0.439 e. The van der Waals surface area contributed by atoms with Crippen LogP contribution in [-0.2, 0) is 20.6 Å². The number of imide groups is 2. The first-order valence-electron chi connectivity index (χ1n) is 9.92. The number of hydrogen-bond donors (Lipinski definition) is 1. The highest BCUT2D eigenvalue weighted by Crippen LogP contribution is 2.33. The number of carbonyl (C=O) groups is 4. The third-order valence-corrected chi connectivity index (χ3v) is 5.05. The number of aromatic nitrogens is 2. The number of carbonyl (C=O) groups excluding carboxylic acids is 4. The van der Waals surface area contributed by atoms with E-state index in [1.54, 1.807) is 13.8 Å². The van der Waals surface area contributed by atoms with E-state index in [1.165, 1.54) is 18.2 Å². The molecule has 0 atom stereocenters. The lowest BCUT2D eigenvalue weighted by atomic mass is 9.99. The van der Waals surface area contributed by atoms with E-state index in [9.17, 15) is 32.3 Å². The van der Waals surface area contributed by atoms with E-state index in [1.807, 2.05) is 0 Å². The molecule has 0 radical (unpaired) electrons. The predicted octanol–water partition coefficient (Wildman–Crippen LogP) is 3.02. The fraction of sp³-hybridized carbons (Fsp3) is 0.333. The van der Waals surface area contributed by atoms with Crippen molar-refractivity contribution in [1.29, 1.82) is 0 Å². The molecule has 1 aliphatic heterocycles. The number of nitrogens with one attached hydrogen (secondary N) is 1. The lowest BCUT2D eigenvalue weighted by Gasteiger charge is -2.32. The molecule has 0 saturated carbocycles. The highest BCUT2D eigenvalue weighted by molar-refractivity contribution is 6.27. The molecule has 2 heterocycles. The Morgan fingerprint density at radius 1 is 1.06 bits per heavy atom.